The molecule has 0 heterocycles. The lowest BCUT2D eigenvalue weighted by Gasteiger charge is -2.12. The van der Waals surface area contributed by atoms with E-state index in [1.807, 2.05) is 30.3 Å². The Bertz CT molecular complexity index is 924. The average molecular weight is 506 g/mol. The molecule has 0 fully saturated rings. The van der Waals surface area contributed by atoms with Gasteiger partial charge in [0.1, 0.15) is 6.61 Å². The van der Waals surface area contributed by atoms with E-state index >= 15 is 0 Å². The molecular formula is C25H35N3O8. The Morgan fingerprint density at radius 1 is 0.722 bits per heavy atom. The van der Waals surface area contributed by atoms with Gasteiger partial charge in [0.05, 0.1) is 53.9 Å². The number of anilines is 2. The number of hydrogen-bond donors (Lipinski definition) is 3. The number of carbonyl (C=O) groups excluding carboxylic acids is 2. The summed E-state index contributed by atoms with van der Waals surface area (Å²) in [6, 6.07) is 12.7. The second-order valence-electron chi connectivity index (χ2n) is 7.25. The van der Waals surface area contributed by atoms with E-state index in [2.05, 4.69) is 16.0 Å². The first kappa shape index (κ1) is 28.7. The molecule has 2 aromatic carbocycles. The molecule has 3 N–H and O–H groups in total. The summed E-state index contributed by atoms with van der Waals surface area (Å²) in [4.78, 5) is 23.2. The zero-order valence-electron chi connectivity index (χ0n) is 21.0. The van der Waals surface area contributed by atoms with Gasteiger partial charge in [-0.15, -0.1) is 0 Å². The first-order chi connectivity index (χ1) is 17.6. The molecule has 0 unspecified atom stereocenters. The molecule has 0 atom stereocenters. The quantitative estimate of drug-likeness (QED) is 0.278. The fourth-order valence-corrected chi connectivity index (χ4v) is 2.93. The van der Waals surface area contributed by atoms with Gasteiger partial charge in [0.15, 0.2) is 11.5 Å². The fraction of sp³-hybridized carbons (Fsp3) is 0.440. The Hall–Kier alpha value is -3.54. The van der Waals surface area contributed by atoms with Crippen LogP contribution in [0.15, 0.2) is 42.5 Å². The summed E-state index contributed by atoms with van der Waals surface area (Å²) >= 11 is 0. The van der Waals surface area contributed by atoms with Gasteiger partial charge in [-0.05, 0) is 36.4 Å². The van der Waals surface area contributed by atoms with Crippen molar-refractivity contribution < 1.29 is 38.0 Å². The number of hydrogen-bond acceptors (Lipinski definition) is 9. The minimum Gasteiger partial charge on any atom is -0.493 e. The smallest absolute Gasteiger partial charge is 0.406 e. The molecule has 0 aliphatic carbocycles. The second kappa shape index (κ2) is 17.0. The number of carbonyl (C=O) groups is 2. The molecular weight excluding hydrogens is 470 g/mol. The van der Waals surface area contributed by atoms with Gasteiger partial charge in [-0.2, -0.15) is 0 Å². The first-order valence-electron chi connectivity index (χ1n) is 11.5. The predicted molar refractivity (Wildman–Crippen MR) is 134 cm³/mol. The van der Waals surface area contributed by atoms with E-state index in [1.54, 1.807) is 26.4 Å². The number of rotatable bonds is 17. The molecule has 0 aromatic heterocycles. The van der Waals surface area contributed by atoms with E-state index in [1.165, 1.54) is 7.05 Å². The maximum atomic E-state index is 12.3. The van der Waals surface area contributed by atoms with E-state index in [9.17, 15) is 9.59 Å². The summed E-state index contributed by atoms with van der Waals surface area (Å²) < 4.78 is 31.4. The van der Waals surface area contributed by atoms with E-state index in [-0.39, 0.29) is 12.5 Å². The van der Waals surface area contributed by atoms with Gasteiger partial charge in [-0.3, -0.25) is 4.79 Å². The topological polar surface area (TPSA) is 126 Å². The predicted octanol–water partition coefficient (Wildman–Crippen LogP) is 2.58. The number of nitrogens with one attached hydrogen (secondary N) is 3. The van der Waals surface area contributed by atoms with Gasteiger partial charge < -0.3 is 44.4 Å². The summed E-state index contributed by atoms with van der Waals surface area (Å²) in [7, 11) is 4.67. The standard InChI is InChI=1S/C25H35N3O8/c1-26-25(30)36-17-16-35-15-14-34-13-12-33-11-10-27-24(29)19-4-6-20(7-5-19)28-21-8-9-22(31-2)23(18-21)32-3/h4-9,18,28H,10-17H2,1-3H3,(H,26,30)(H,27,29). The molecule has 2 aromatic rings. The van der Waals surface area contributed by atoms with Crippen molar-refractivity contribution in [2.75, 3.05) is 79.4 Å². The molecule has 36 heavy (non-hydrogen) atoms. The van der Waals surface area contributed by atoms with Crippen LogP contribution in [-0.2, 0) is 18.9 Å². The molecule has 0 saturated heterocycles. The van der Waals surface area contributed by atoms with Crippen LogP contribution in [0.4, 0.5) is 16.2 Å². The largest absolute Gasteiger partial charge is 0.493 e. The lowest BCUT2D eigenvalue weighted by Crippen LogP contribution is -2.27. The molecule has 0 aliphatic rings. The minimum absolute atomic E-state index is 0.176. The normalized spacial score (nSPS) is 10.4. The molecule has 198 valence electrons. The van der Waals surface area contributed by atoms with Gasteiger partial charge in [0.25, 0.3) is 5.91 Å². The molecule has 11 nitrogen and oxygen atoms in total. The second-order valence-corrected chi connectivity index (χ2v) is 7.25. The van der Waals surface area contributed by atoms with Gasteiger partial charge in [-0.1, -0.05) is 0 Å². The third-order valence-electron chi connectivity index (χ3n) is 4.76. The van der Waals surface area contributed by atoms with Crippen LogP contribution in [0.2, 0.25) is 0 Å². The monoisotopic (exact) mass is 505 g/mol. The SMILES string of the molecule is CNC(=O)OCCOCCOCCOCCNC(=O)c1ccc(Nc2ccc(OC)c(OC)c2)cc1. The molecule has 0 saturated carbocycles. The van der Waals surface area contributed by atoms with Crippen LogP contribution in [0.5, 0.6) is 11.5 Å². The Balaban J connectivity index is 1.54. The van der Waals surface area contributed by atoms with Crippen LogP contribution >= 0.6 is 0 Å². The molecule has 0 spiro atoms. The van der Waals surface area contributed by atoms with Crippen molar-refractivity contribution in [3.8, 4) is 11.5 Å². The Morgan fingerprint density at radius 3 is 1.92 bits per heavy atom. The highest BCUT2D eigenvalue weighted by atomic mass is 16.6. The van der Waals surface area contributed by atoms with Crippen molar-refractivity contribution in [2.24, 2.45) is 0 Å². The van der Waals surface area contributed by atoms with E-state index in [0.29, 0.717) is 63.2 Å². The van der Waals surface area contributed by atoms with Gasteiger partial charge in [-0.25, -0.2) is 4.79 Å². The summed E-state index contributed by atoms with van der Waals surface area (Å²) in [5.74, 6) is 1.10. The van der Waals surface area contributed by atoms with Crippen molar-refractivity contribution in [2.45, 2.75) is 0 Å². The van der Waals surface area contributed by atoms with Crippen molar-refractivity contribution >= 4 is 23.4 Å². The highest BCUT2D eigenvalue weighted by Crippen LogP contribution is 2.31. The van der Waals surface area contributed by atoms with Gasteiger partial charge in [0, 0.05) is 36.6 Å². The van der Waals surface area contributed by atoms with E-state index in [4.69, 9.17) is 28.4 Å². The lowest BCUT2D eigenvalue weighted by atomic mass is 10.2. The number of methoxy groups -OCH3 is 2. The van der Waals surface area contributed by atoms with Crippen LogP contribution in [0.3, 0.4) is 0 Å². The number of ether oxygens (including phenoxy) is 6. The maximum absolute atomic E-state index is 12.3. The Kier molecular flexibility index (Phi) is 13.5. The summed E-state index contributed by atoms with van der Waals surface area (Å²) in [5.41, 5.74) is 2.23. The van der Waals surface area contributed by atoms with Gasteiger partial charge in [0.2, 0.25) is 0 Å². The Morgan fingerprint density at radius 2 is 1.31 bits per heavy atom. The fourth-order valence-electron chi connectivity index (χ4n) is 2.93. The van der Waals surface area contributed by atoms with Crippen LogP contribution in [-0.4, -0.2) is 86.1 Å². The Labute approximate surface area is 211 Å². The molecule has 11 heteroatoms. The van der Waals surface area contributed by atoms with Crippen LogP contribution in [0.25, 0.3) is 0 Å². The van der Waals surface area contributed by atoms with Gasteiger partial charge >= 0.3 is 6.09 Å². The van der Waals surface area contributed by atoms with E-state index < -0.39 is 6.09 Å². The summed E-state index contributed by atoms with van der Waals surface area (Å²) in [6.07, 6.45) is -0.485. The van der Waals surface area contributed by atoms with Crippen molar-refractivity contribution in [1.29, 1.82) is 0 Å². The first-order valence-corrected chi connectivity index (χ1v) is 11.5. The number of alkyl carbamates (subject to hydrolysis) is 1. The van der Waals surface area contributed by atoms with Crippen LogP contribution in [0.1, 0.15) is 10.4 Å². The summed E-state index contributed by atoms with van der Waals surface area (Å²) in [5, 5.41) is 8.44. The number of benzene rings is 2. The molecule has 0 aliphatic heterocycles. The van der Waals surface area contributed by atoms with E-state index in [0.717, 1.165) is 11.4 Å². The van der Waals surface area contributed by atoms with Crippen LogP contribution in [0, 0.1) is 0 Å². The highest BCUT2D eigenvalue weighted by molar-refractivity contribution is 5.94. The van der Waals surface area contributed by atoms with Crippen molar-refractivity contribution in [1.82, 2.24) is 10.6 Å². The zero-order chi connectivity index (χ0) is 26.0. The van der Waals surface area contributed by atoms with Crippen LogP contribution < -0.4 is 25.4 Å². The minimum atomic E-state index is -0.485. The number of amides is 2. The molecule has 2 amide bonds. The third-order valence-corrected chi connectivity index (χ3v) is 4.76. The average Bonchev–Trinajstić information content (AvgIpc) is 2.91. The van der Waals surface area contributed by atoms with Crippen molar-refractivity contribution in [3.63, 3.8) is 0 Å². The summed E-state index contributed by atoms with van der Waals surface area (Å²) in [6.45, 7) is 2.90. The molecule has 2 rings (SSSR count). The highest BCUT2D eigenvalue weighted by Gasteiger charge is 2.07. The lowest BCUT2D eigenvalue weighted by molar-refractivity contribution is 0.00631. The molecule has 0 radical (unpaired) electrons. The molecule has 0 bridgehead atoms. The maximum Gasteiger partial charge on any atom is 0.406 e. The zero-order valence-corrected chi connectivity index (χ0v) is 21.0. The van der Waals surface area contributed by atoms with Crippen molar-refractivity contribution in [3.05, 3.63) is 48.0 Å². The third kappa shape index (κ3) is 10.8.